The summed E-state index contributed by atoms with van der Waals surface area (Å²) in [7, 11) is 0. The van der Waals surface area contributed by atoms with Crippen LogP contribution in [0.2, 0.25) is 0 Å². The van der Waals surface area contributed by atoms with Crippen molar-refractivity contribution >= 4 is 24.0 Å². The summed E-state index contributed by atoms with van der Waals surface area (Å²) in [6, 6.07) is 20.8. The molecule has 2 saturated heterocycles. The molecule has 2 aliphatic carbocycles. The zero-order valence-electron chi connectivity index (χ0n) is 39.2. The number of aromatic nitrogens is 4. The highest BCUT2D eigenvalue weighted by Crippen LogP contribution is 2.42. The van der Waals surface area contributed by atoms with Gasteiger partial charge in [0, 0.05) is 48.0 Å². The quantitative estimate of drug-likeness (QED) is 0.111. The number of amides is 2. The van der Waals surface area contributed by atoms with Crippen molar-refractivity contribution in [2.45, 2.75) is 104 Å². The Morgan fingerprint density at radius 1 is 0.557 bits per heavy atom. The molecule has 364 valence electrons. The molecule has 2 amide bonds. The number of alkyl halides is 6. The summed E-state index contributed by atoms with van der Waals surface area (Å²) in [5, 5.41) is 0. The monoisotopic (exact) mass is 962 g/mol. The SMILES string of the molecule is Cc1cn(-c2ccc(/C=C3\CCCN([C@@H]4CCc5cc(OC(F)(F)F)ccc54)C3=O)cc2C)cn1.Cc1cn(-c2ccc(/C=C3\CCCN([C@H]4CCc5cc(OC(F)(F)F)ccc54)C3=O)cc2C)cn1. The van der Waals surface area contributed by atoms with Gasteiger partial charge < -0.3 is 28.4 Å². The van der Waals surface area contributed by atoms with E-state index in [-0.39, 0.29) is 35.4 Å². The number of imidazole rings is 2. The smallest absolute Gasteiger partial charge is 0.406 e. The number of rotatable bonds is 8. The highest BCUT2D eigenvalue weighted by atomic mass is 19.4. The summed E-state index contributed by atoms with van der Waals surface area (Å²) < 4.78 is 87.6. The zero-order chi connectivity index (χ0) is 49.5. The van der Waals surface area contributed by atoms with E-state index in [1.54, 1.807) is 24.8 Å². The van der Waals surface area contributed by atoms with Gasteiger partial charge in [-0.25, -0.2) is 9.97 Å². The summed E-state index contributed by atoms with van der Waals surface area (Å²) in [4.78, 5) is 39.2. The number of nitrogens with zero attached hydrogens (tertiary/aromatic N) is 6. The molecule has 2 aliphatic heterocycles. The molecule has 16 heteroatoms. The lowest BCUT2D eigenvalue weighted by atomic mass is 9.97. The maximum Gasteiger partial charge on any atom is 0.573 e. The number of hydrogen-bond acceptors (Lipinski definition) is 6. The molecule has 0 unspecified atom stereocenters. The van der Waals surface area contributed by atoms with Crippen molar-refractivity contribution in [3.63, 3.8) is 0 Å². The van der Waals surface area contributed by atoms with Crippen molar-refractivity contribution < 1.29 is 45.4 Å². The summed E-state index contributed by atoms with van der Waals surface area (Å²) in [5.41, 5.74) is 13.0. The molecule has 0 spiro atoms. The van der Waals surface area contributed by atoms with E-state index in [4.69, 9.17) is 0 Å². The number of piperidine rings is 2. The first-order valence-electron chi connectivity index (χ1n) is 23.4. The molecule has 70 heavy (non-hydrogen) atoms. The van der Waals surface area contributed by atoms with E-state index in [2.05, 4.69) is 31.6 Å². The van der Waals surface area contributed by atoms with E-state index in [1.807, 2.05) is 95.4 Å². The molecule has 0 radical (unpaired) electrons. The molecule has 2 fully saturated rings. The second-order valence-electron chi connectivity index (χ2n) is 18.4. The first-order valence-corrected chi connectivity index (χ1v) is 23.4. The highest BCUT2D eigenvalue weighted by Gasteiger charge is 2.38. The Bertz CT molecular complexity index is 2820. The summed E-state index contributed by atoms with van der Waals surface area (Å²) in [6.07, 6.45) is 7.74. The number of ether oxygens (including phenoxy) is 2. The Morgan fingerprint density at radius 2 is 0.971 bits per heavy atom. The Labute approximate surface area is 401 Å². The second kappa shape index (κ2) is 19.4. The van der Waals surface area contributed by atoms with Crippen LogP contribution in [0.1, 0.15) is 107 Å². The van der Waals surface area contributed by atoms with Crippen LogP contribution in [0.4, 0.5) is 26.3 Å². The van der Waals surface area contributed by atoms with Gasteiger partial charge in [-0.05, 0) is 184 Å². The number of likely N-dealkylation sites (tertiary alicyclic amines) is 2. The number of carbonyl (C=O) groups excluding carboxylic acids is 2. The van der Waals surface area contributed by atoms with Crippen LogP contribution in [0.3, 0.4) is 0 Å². The highest BCUT2D eigenvalue weighted by molar-refractivity contribution is 5.99. The van der Waals surface area contributed by atoms with Gasteiger partial charge in [-0.1, -0.05) is 24.3 Å². The van der Waals surface area contributed by atoms with Crippen LogP contribution in [-0.2, 0) is 22.4 Å². The predicted molar refractivity (Wildman–Crippen MR) is 252 cm³/mol. The van der Waals surface area contributed by atoms with Crippen LogP contribution in [0, 0.1) is 27.7 Å². The van der Waals surface area contributed by atoms with Gasteiger partial charge in [-0.2, -0.15) is 0 Å². The molecule has 2 atom stereocenters. The van der Waals surface area contributed by atoms with E-state index < -0.39 is 12.7 Å². The zero-order valence-corrected chi connectivity index (χ0v) is 39.2. The number of hydrogen-bond donors (Lipinski definition) is 0. The van der Waals surface area contributed by atoms with Crippen LogP contribution in [-0.4, -0.2) is 66.5 Å². The van der Waals surface area contributed by atoms with Gasteiger partial charge in [-0.15, -0.1) is 26.3 Å². The van der Waals surface area contributed by atoms with Gasteiger partial charge in [0.05, 0.1) is 36.1 Å². The number of benzene rings is 4. The lowest BCUT2D eigenvalue weighted by molar-refractivity contribution is -0.275. The topological polar surface area (TPSA) is 94.7 Å². The number of fused-ring (bicyclic) bond motifs is 2. The normalized spacial score (nSPS) is 19.3. The van der Waals surface area contributed by atoms with Gasteiger partial charge in [0.25, 0.3) is 0 Å². The molecule has 2 aromatic heterocycles. The molecule has 10 rings (SSSR count). The van der Waals surface area contributed by atoms with E-state index >= 15 is 0 Å². The van der Waals surface area contributed by atoms with Crippen LogP contribution in [0.5, 0.6) is 11.5 Å². The summed E-state index contributed by atoms with van der Waals surface area (Å²) in [6.45, 7) is 9.24. The van der Waals surface area contributed by atoms with E-state index in [9.17, 15) is 35.9 Å². The molecule has 6 aromatic rings. The van der Waals surface area contributed by atoms with E-state index in [0.29, 0.717) is 51.6 Å². The molecule has 10 nitrogen and oxygen atoms in total. The third-order valence-corrected chi connectivity index (χ3v) is 13.4. The minimum atomic E-state index is -4.72. The fourth-order valence-corrected chi connectivity index (χ4v) is 10.3. The standard InChI is InChI=1S/2C27H26F3N3O2/c2*1-17-12-19(5-9-24(17)32-15-18(2)31-16-32)13-21-4-3-11-33(26(21)34)25-10-6-20-14-22(7-8-23(20)25)35-27(28,29)30/h2*5,7-9,12-16,25H,3-4,6,10-11H2,1-2H3/b2*21-13+/t2*25-/m10/s1. The van der Waals surface area contributed by atoms with Crippen LogP contribution in [0.25, 0.3) is 23.5 Å². The molecular formula is C54H52F6N6O4. The predicted octanol–water partition coefficient (Wildman–Crippen LogP) is 12.2. The average Bonchev–Trinajstić information content (AvgIpc) is 4.12. The fourth-order valence-electron chi connectivity index (χ4n) is 10.3. The third-order valence-electron chi connectivity index (χ3n) is 13.4. The molecule has 4 heterocycles. The first-order chi connectivity index (χ1) is 33.4. The lowest BCUT2D eigenvalue weighted by Gasteiger charge is -2.34. The van der Waals surface area contributed by atoms with Gasteiger partial charge in [0.1, 0.15) is 11.5 Å². The third kappa shape index (κ3) is 10.7. The molecular weight excluding hydrogens is 911 g/mol. The van der Waals surface area contributed by atoms with Crippen molar-refractivity contribution in [2.75, 3.05) is 13.1 Å². The molecule has 0 N–H and O–H groups in total. The van der Waals surface area contributed by atoms with Gasteiger partial charge in [-0.3, -0.25) is 9.59 Å². The summed E-state index contributed by atoms with van der Waals surface area (Å²) in [5.74, 6) is -0.437. The maximum atomic E-state index is 13.4. The maximum absolute atomic E-state index is 13.4. The van der Waals surface area contributed by atoms with Crippen molar-refractivity contribution in [1.82, 2.24) is 28.9 Å². The molecule has 4 aromatic carbocycles. The van der Waals surface area contributed by atoms with E-state index in [1.165, 1.54) is 24.3 Å². The minimum absolute atomic E-state index is 0.00307. The Morgan fingerprint density at radius 3 is 1.33 bits per heavy atom. The number of carbonyl (C=O) groups is 2. The molecule has 0 bridgehead atoms. The lowest BCUT2D eigenvalue weighted by Crippen LogP contribution is -2.39. The second-order valence-corrected chi connectivity index (χ2v) is 18.4. The van der Waals surface area contributed by atoms with Gasteiger partial charge >= 0.3 is 12.7 Å². The largest absolute Gasteiger partial charge is 0.573 e. The van der Waals surface area contributed by atoms with Crippen LogP contribution < -0.4 is 9.47 Å². The Balaban J connectivity index is 0.000000174. The Hall–Kier alpha value is -7.10. The summed E-state index contributed by atoms with van der Waals surface area (Å²) >= 11 is 0. The average molecular weight is 963 g/mol. The van der Waals surface area contributed by atoms with Crippen molar-refractivity contribution in [3.8, 4) is 22.9 Å². The van der Waals surface area contributed by atoms with Crippen molar-refractivity contribution in [2.24, 2.45) is 0 Å². The fraction of sp³-hybridized carbons (Fsp3) is 0.333. The van der Waals surface area contributed by atoms with E-state index in [0.717, 1.165) is 91.3 Å². The van der Waals surface area contributed by atoms with Crippen molar-refractivity contribution in [1.29, 1.82) is 0 Å². The minimum Gasteiger partial charge on any atom is -0.406 e. The number of halogens is 6. The Kier molecular flexibility index (Phi) is 13.3. The van der Waals surface area contributed by atoms with Gasteiger partial charge in [0.2, 0.25) is 11.8 Å². The van der Waals surface area contributed by atoms with Crippen LogP contribution in [0.15, 0.2) is 109 Å². The number of aryl methyl sites for hydroxylation is 6. The first kappa shape index (κ1) is 47.9. The molecule has 0 saturated carbocycles. The van der Waals surface area contributed by atoms with Crippen molar-refractivity contribution in [3.05, 3.63) is 165 Å². The van der Waals surface area contributed by atoms with Crippen LogP contribution >= 0.6 is 0 Å². The molecule has 4 aliphatic rings. The van der Waals surface area contributed by atoms with Gasteiger partial charge in [0.15, 0.2) is 0 Å².